The van der Waals surface area contributed by atoms with Crippen LogP contribution >= 0.6 is 0 Å². The number of anilines is 1. The SMILES string of the molecule is CS(=O)(=O)N(CC(=O)N[C@H]1C[C@@H]2CC[C@H]1C2)c1cccc(F)c1. The molecule has 5 nitrogen and oxygen atoms in total. The predicted molar refractivity (Wildman–Crippen MR) is 86.0 cm³/mol. The maximum absolute atomic E-state index is 13.4. The van der Waals surface area contributed by atoms with Crippen LogP contribution in [-0.2, 0) is 14.8 Å². The smallest absolute Gasteiger partial charge is 0.241 e. The molecule has 2 aliphatic carbocycles. The number of hydrogen-bond donors (Lipinski definition) is 1. The Morgan fingerprint density at radius 3 is 2.70 bits per heavy atom. The standard InChI is InChI=1S/C16H21FN2O3S/c1-23(21,22)19(14-4-2-3-13(17)9-14)10-16(20)18-15-8-11-5-6-12(15)7-11/h2-4,9,11-12,15H,5-8,10H2,1H3,(H,18,20)/t11-,12+,15+/m1/s1. The number of nitrogens with zero attached hydrogens (tertiary/aromatic N) is 1. The summed E-state index contributed by atoms with van der Waals surface area (Å²) in [7, 11) is -3.67. The molecule has 2 saturated carbocycles. The van der Waals surface area contributed by atoms with Gasteiger partial charge in [0.1, 0.15) is 12.4 Å². The van der Waals surface area contributed by atoms with E-state index in [1.54, 1.807) is 0 Å². The van der Waals surface area contributed by atoms with Crippen LogP contribution in [0.25, 0.3) is 0 Å². The lowest BCUT2D eigenvalue weighted by Crippen LogP contribution is -2.45. The van der Waals surface area contributed by atoms with Crippen LogP contribution < -0.4 is 9.62 Å². The van der Waals surface area contributed by atoms with Crippen molar-refractivity contribution in [3.8, 4) is 0 Å². The van der Waals surface area contributed by atoms with E-state index in [0.29, 0.717) is 11.8 Å². The molecule has 2 aliphatic rings. The van der Waals surface area contributed by atoms with Crippen LogP contribution in [0.5, 0.6) is 0 Å². The maximum atomic E-state index is 13.4. The van der Waals surface area contributed by atoms with Gasteiger partial charge in [0.15, 0.2) is 0 Å². The summed E-state index contributed by atoms with van der Waals surface area (Å²) in [6, 6.07) is 5.41. The number of halogens is 1. The lowest BCUT2D eigenvalue weighted by atomic mass is 9.95. The minimum Gasteiger partial charge on any atom is -0.352 e. The molecule has 0 spiro atoms. The van der Waals surface area contributed by atoms with Gasteiger partial charge in [-0.3, -0.25) is 9.10 Å². The summed E-state index contributed by atoms with van der Waals surface area (Å²) in [6.07, 6.45) is 5.52. The number of nitrogens with one attached hydrogen (secondary N) is 1. The van der Waals surface area contributed by atoms with Crippen molar-refractivity contribution in [2.75, 3.05) is 17.1 Å². The van der Waals surface area contributed by atoms with Gasteiger partial charge in [0.05, 0.1) is 11.9 Å². The van der Waals surface area contributed by atoms with Crippen LogP contribution in [0.2, 0.25) is 0 Å². The van der Waals surface area contributed by atoms with Crippen LogP contribution in [-0.4, -0.2) is 33.2 Å². The predicted octanol–water partition coefficient (Wildman–Crippen LogP) is 1.90. The summed E-state index contributed by atoms with van der Waals surface area (Å²) in [5.41, 5.74) is 0.163. The second-order valence-electron chi connectivity index (χ2n) is 6.60. The minimum absolute atomic E-state index is 0.148. The average molecular weight is 340 g/mol. The fourth-order valence-electron chi connectivity index (χ4n) is 3.84. The Kier molecular flexibility index (Phi) is 4.31. The van der Waals surface area contributed by atoms with Crippen molar-refractivity contribution < 1.29 is 17.6 Å². The highest BCUT2D eigenvalue weighted by Crippen LogP contribution is 2.44. The zero-order chi connectivity index (χ0) is 16.6. The Morgan fingerprint density at radius 1 is 1.35 bits per heavy atom. The molecule has 2 fully saturated rings. The van der Waals surface area contributed by atoms with E-state index in [2.05, 4.69) is 5.32 Å². The minimum atomic E-state index is -3.67. The molecule has 1 amide bonds. The number of carbonyl (C=O) groups is 1. The number of fused-ring (bicyclic) bond motifs is 2. The number of hydrogen-bond acceptors (Lipinski definition) is 3. The molecular formula is C16H21FN2O3S. The first-order valence-corrected chi connectivity index (χ1v) is 9.70. The molecule has 7 heteroatoms. The summed E-state index contributed by atoms with van der Waals surface area (Å²) in [5, 5.41) is 2.96. The molecule has 3 atom stereocenters. The van der Waals surface area contributed by atoms with Crippen molar-refractivity contribution >= 4 is 21.6 Å². The number of rotatable bonds is 5. The van der Waals surface area contributed by atoms with Gasteiger partial charge in [-0.2, -0.15) is 0 Å². The van der Waals surface area contributed by atoms with E-state index in [-0.39, 0.29) is 24.2 Å². The normalized spacial score (nSPS) is 26.3. The molecule has 0 aliphatic heterocycles. The zero-order valence-corrected chi connectivity index (χ0v) is 13.9. The molecule has 23 heavy (non-hydrogen) atoms. The lowest BCUT2D eigenvalue weighted by molar-refractivity contribution is -0.120. The summed E-state index contributed by atoms with van der Waals surface area (Å²) in [6.45, 7) is -0.323. The van der Waals surface area contributed by atoms with Gasteiger partial charge in [0, 0.05) is 6.04 Å². The molecule has 0 radical (unpaired) electrons. The van der Waals surface area contributed by atoms with Crippen molar-refractivity contribution in [3.05, 3.63) is 30.1 Å². The molecule has 0 aromatic heterocycles. The van der Waals surface area contributed by atoms with Crippen molar-refractivity contribution in [2.24, 2.45) is 11.8 Å². The van der Waals surface area contributed by atoms with Crippen molar-refractivity contribution in [3.63, 3.8) is 0 Å². The highest BCUT2D eigenvalue weighted by molar-refractivity contribution is 7.92. The molecule has 1 N–H and O–H groups in total. The third-order valence-corrected chi connectivity index (χ3v) is 6.01. The summed E-state index contributed by atoms with van der Waals surface area (Å²) < 4.78 is 38.2. The van der Waals surface area contributed by atoms with Crippen LogP contribution in [0.1, 0.15) is 25.7 Å². The summed E-state index contributed by atoms with van der Waals surface area (Å²) in [4.78, 5) is 12.3. The van der Waals surface area contributed by atoms with Crippen LogP contribution in [0.15, 0.2) is 24.3 Å². The highest BCUT2D eigenvalue weighted by Gasteiger charge is 2.40. The molecule has 1 aromatic rings. The molecular weight excluding hydrogens is 319 g/mol. The Morgan fingerprint density at radius 2 is 2.13 bits per heavy atom. The van der Waals surface area contributed by atoms with E-state index >= 15 is 0 Å². The van der Waals surface area contributed by atoms with Gasteiger partial charge >= 0.3 is 0 Å². The fourth-order valence-corrected chi connectivity index (χ4v) is 4.68. The van der Waals surface area contributed by atoms with Gasteiger partial charge < -0.3 is 5.32 Å². The van der Waals surface area contributed by atoms with E-state index in [1.807, 2.05) is 0 Å². The first kappa shape index (κ1) is 16.2. The third-order valence-electron chi connectivity index (χ3n) is 4.87. The van der Waals surface area contributed by atoms with Gasteiger partial charge in [0.2, 0.25) is 15.9 Å². The maximum Gasteiger partial charge on any atom is 0.241 e. The second-order valence-corrected chi connectivity index (χ2v) is 8.51. The zero-order valence-electron chi connectivity index (χ0n) is 13.0. The van der Waals surface area contributed by atoms with E-state index in [1.165, 1.54) is 24.6 Å². The molecule has 3 rings (SSSR count). The summed E-state index contributed by atoms with van der Waals surface area (Å²) >= 11 is 0. The Balaban J connectivity index is 1.70. The van der Waals surface area contributed by atoms with Gasteiger partial charge in [-0.1, -0.05) is 12.5 Å². The quantitative estimate of drug-likeness (QED) is 0.890. The molecule has 0 saturated heterocycles. The Labute approximate surface area is 135 Å². The Bertz CT molecular complexity index is 707. The van der Waals surface area contributed by atoms with Crippen LogP contribution in [0.3, 0.4) is 0 Å². The van der Waals surface area contributed by atoms with E-state index in [0.717, 1.165) is 35.9 Å². The van der Waals surface area contributed by atoms with Crippen molar-refractivity contribution in [1.29, 1.82) is 0 Å². The number of sulfonamides is 1. The van der Waals surface area contributed by atoms with Gasteiger partial charge in [-0.25, -0.2) is 12.8 Å². The first-order valence-electron chi connectivity index (χ1n) is 7.85. The number of benzene rings is 1. The molecule has 2 bridgehead atoms. The van der Waals surface area contributed by atoms with Crippen LogP contribution in [0.4, 0.5) is 10.1 Å². The highest BCUT2D eigenvalue weighted by atomic mass is 32.2. The molecule has 126 valence electrons. The van der Waals surface area contributed by atoms with Gasteiger partial charge in [0.25, 0.3) is 0 Å². The van der Waals surface area contributed by atoms with Crippen molar-refractivity contribution in [1.82, 2.24) is 5.32 Å². The molecule has 0 heterocycles. The third kappa shape index (κ3) is 3.65. The molecule has 1 aromatic carbocycles. The van der Waals surface area contributed by atoms with Gasteiger partial charge in [-0.05, 0) is 49.3 Å². The van der Waals surface area contributed by atoms with E-state index < -0.39 is 15.8 Å². The lowest BCUT2D eigenvalue weighted by Gasteiger charge is -2.26. The number of carbonyl (C=O) groups excluding carboxylic acids is 1. The van der Waals surface area contributed by atoms with Crippen LogP contribution in [0, 0.1) is 17.7 Å². The topological polar surface area (TPSA) is 66.5 Å². The fraction of sp³-hybridized carbons (Fsp3) is 0.562. The van der Waals surface area contributed by atoms with Crippen molar-refractivity contribution in [2.45, 2.75) is 31.7 Å². The largest absolute Gasteiger partial charge is 0.352 e. The van der Waals surface area contributed by atoms with E-state index in [9.17, 15) is 17.6 Å². The Hall–Kier alpha value is -1.63. The first-order chi connectivity index (χ1) is 10.8. The molecule has 0 unspecified atom stereocenters. The second kappa shape index (κ2) is 6.11. The number of amides is 1. The summed E-state index contributed by atoms with van der Waals surface area (Å²) in [5.74, 6) is 0.339. The average Bonchev–Trinajstić information content (AvgIpc) is 3.06. The monoisotopic (exact) mass is 340 g/mol. The van der Waals surface area contributed by atoms with E-state index in [4.69, 9.17) is 0 Å². The van der Waals surface area contributed by atoms with Gasteiger partial charge in [-0.15, -0.1) is 0 Å².